The van der Waals surface area contributed by atoms with Crippen LogP contribution >= 0.6 is 0 Å². The molecule has 0 atom stereocenters. The van der Waals surface area contributed by atoms with Gasteiger partial charge in [-0.05, 0) is 38.5 Å². The summed E-state index contributed by atoms with van der Waals surface area (Å²) in [6, 6.07) is 7.15. The first-order valence-electron chi connectivity index (χ1n) is 5.85. The molecule has 0 heterocycles. The van der Waals surface area contributed by atoms with Crippen molar-refractivity contribution in [3.05, 3.63) is 24.3 Å². The van der Waals surface area contributed by atoms with Crippen molar-refractivity contribution in [2.75, 3.05) is 17.7 Å². The van der Waals surface area contributed by atoms with Gasteiger partial charge in [-0.3, -0.25) is 4.79 Å². The smallest absolute Gasteiger partial charge is 0.224 e. The third-order valence-electron chi connectivity index (χ3n) is 2.17. The maximum Gasteiger partial charge on any atom is 0.224 e. The number of amides is 1. The van der Waals surface area contributed by atoms with Gasteiger partial charge in [0.15, 0.2) is 0 Å². The number of rotatable bonds is 6. The van der Waals surface area contributed by atoms with E-state index in [1.807, 2.05) is 26.0 Å². The SMILES string of the molecule is CC(C)OCCCC(=O)Nc1cccc(N)c1. The lowest BCUT2D eigenvalue weighted by atomic mass is 10.2. The summed E-state index contributed by atoms with van der Waals surface area (Å²) in [5, 5.41) is 2.80. The highest BCUT2D eigenvalue weighted by molar-refractivity contribution is 5.91. The average molecular weight is 236 g/mol. The van der Waals surface area contributed by atoms with Crippen molar-refractivity contribution < 1.29 is 9.53 Å². The summed E-state index contributed by atoms with van der Waals surface area (Å²) in [4.78, 5) is 11.6. The van der Waals surface area contributed by atoms with Crippen molar-refractivity contribution in [2.24, 2.45) is 0 Å². The summed E-state index contributed by atoms with van der Waals surface area (Å²) in [5.74, 6) is -0.0112. The maximum atomic E-state index is 11.6. The average Bonchev–Trinajstić information content (AvgIpc) is 2.24. The standard InChI is InChI=1S/C13H20N2O2/c1-10(2)17-8-4-7-13(16)15-12-6-3-5-11(14)9-12/h3,5-6,9-10H,4,7-8,14H2,1-2H3,(H,15,16). The van der Waals surface area contributed by atoms with E-state index in [4.69, 9.17) is 10.5 Å². The molecule has 94 valence electrons. The number of nitrogens with two attached hydrogens (primary N) is 1. The third-order valence-corrected chi connectivity index (χ3v) is 2.17. The van der Waals surface area contributed by atoms with Crippen LogP contribution in [0.3, 0.4) is 0 Å². The fraction of sp³-hybridized carbons (Fsp3) is 0.462. The van der Waals surface area contributed by atoms with Crippen LogP contribution in [-0.4, -0.2) is 18.6 Å². The molecule has 0 saturated carbocycles. The molecular weight excluding hydrogens is 216 g/mol. The van der Waals surface area contributed by atoms with Crippen LogP contribution < -0.4 is 11.1 Å². The fourth-order valence-electron chi connectivity index (χ4n) is 1.39. The van der Waals surface area contributed by atoms with E-state index in [-0.39, 0.29) is 12.0 Å². The van der Waals surface area contributed by atoms with Crippen LogP contribution in [0.2, 0.25) is 0 Å². The largest absolute Gasteiger partial charge is 0.399 e. The molecule has 3 N–H and O–H groups in total. The van der Waals surface area contributed by atoms with Crippen molar-refractivity contribution >= 4 is 17.3 Å². The molecule has 0 unspecified atom stereocenters. The molecule has 0 aromatic heterocycles. The zero-order chi connectivity index (χ0) is 12.7. The molecule has 4 nitrogen and oxygen atoms in total. The van der Waals surface area contributed by atoms with Gasteiger partial charge >= 0.3 is 0 Å². The van der Waals surface area contributed by atoms with Gasteiger partial charge < -0.3 is 15.8 Å². The van der Waals surface area contributed by atoms with E-state index in [9.17, 15) is 4.79 Å². The van der Waals surface area contributed by atoms with Crippen LogP contribution in [0.15, 0.2) is 24.3 Å². The molecule has 1 aromatic rings. The van der Waals surface area contributed by atoms with E-state index in [0.29, 0.717) is 18.7 Å². The molecule has 17 heavy (non-hydrogen) atoms. The van der Waals surface area contributed by atoms with Crippen LogP contribution in [0.4, 0.5) is 11.4 Å². The minimum absolute atomic E-state index is 0.0112. The Morgan fingerprint density at radius 1 is 1.47 bits per heavy atom. The molecule has 0 aliphatic carbocycles. The van der Waals surface area contributed by atoms with E-state index in [1.165, 1.54) is 0 Å². The summed E-state index contributed by atoms with van der Waals surface area (Å²) in [5.41, 5.74) is 7.00. The molecule has 0 aliphatic heterocycles. The Morgan fingerprint density at radius 3 is 2.88 bits per heavy atom. The van der Waals surface area contributed by atoms with Crippen molar-refractivity contribution in [1.82, 2.24) is 0 Å². The lowest BCUT2D eigenvalue weighted by Crippen LogP contribution is -2.13. The summed E-state index contributed by atoms with van der Waals surface area (Å²) in [7, 11) is 0. The first kappa shape index (κ1) is 13.5. The molecule has 1 rings (SSSR count). The van der Waals surface area contributed by atoms with Crippen LogP contribution in [-0.2, 0) is 9.53 Å². The molecule has 0 saturated heterocycles. The Bertz CT molecular complexity index is 364. The lowest BCUT2D eigenvalue weighted by Gasteiger charge is -2.08. The molecule has 0 spiro atoms. The molecule has 1 aromatic carbocycles. The first-order chi connectivity index (χ1) is 8.08. The number of anilines is 2. The highest BCUT2D eigenvalue weighted by Crippen LogP contribution is 2.12. The van der Waals surface area contributed by atoms with E-state index in [2.05, 4.69) is 5.32 Å². The van der Waals surface area contributed by atoms with Crippen LogP contribution in [0.1, 0.15) is 26.7 Å². The Balaban J connectivity index is 2.25. The molecule has 4 heteroatoms. The number of nitrogen functional groups attached to an aromatic ring is 1. The fourth-order valence-corrected chi connectivity index (χ4v) is 1.39. The van der Waals surface area contributed by atoms with Crippen molar-refractivity contribution in [2.45, 2.75) is 32.8 Å². The molecular formula is C13H20N2O2. The number of nitrogens with one attached hydrogen (secondary N) is 1. The predicted octanol–water partition coefficient (Wildman–Crippen LogP) is 2.41. The minimum Gasteiger partial charge on any atom is -0.399 e. The van der Waals surface area contributed by atoms with Gasteiger partial charge in [-0.25, -0.2) is 0 Å². The van der Waals surface area contributed by atoms with Crippen LogP contribution in [0, 0.1) is 0 Å². The molecule has 0 fully saturated rings. The Kier molecular flexibility index (Phi) is 5.49. The zero-order valence-electron chi connectivity index (χ0n) is 10.4. The molecule has 0 aliphatic rings. The number of carbonyl (C=O) groups is 1. The minimum atomic E-state index is -0.0112. The number of ether oxygens (including phenoxy) is 1. The maximum absolute atomic E-state index is 11.6. The second kappa shape index (κ2) is 6.91. The lowest BCUT2D eigenvalue weighted by molar-refractivity contribution is -0.116. The van der Waals surface area contributed by atoms with Crippen molar-refractivity contribution in [3.8, 4) is 0 Å². The quantitative estimate of drug-likeness (QED) is 0.589. The summed E-state index contributed by atoms with van der Waals surface area (Å²) in [6.07, 6.45) is 1.40. The van der Waals surface area contributed by atoms with Crippen molar-refractivity contribution in [3.63, 3.8) is 0 Å². The van der Waals surface area contributed by atoms with Crippen LogP contribution in [0.5, 0.6) is 0 Å². The van der Waals surface area contributed by atoms with E-state index < -0.39 is 0 Å². The molecule has 0 radical (unpaired) electrons. The van der Waals surface area contributed by atoms with Crippen molar-refractivity contribution in [1.29, 1.82) is 0 Å². The first-order valence-corrected chi connectivity index (χ1v) is 5.85. The monoisotopic (exact) mass is 236 g/mol. The highest BCUT2D eigenvalue weighted by Gasteiger charge is 2.02. The van der Waals surface area contributed by atoms with Gasteiger partial charge in [-0.1, -0.05) is 6.07 Å². The Hall–Kier alpha value is -1.55. The van der Waals surface area contributed by atoms with Gasteiger partial charge in [-0.2, -0.15) is 0 Å². The highest BCUT2D eigenvalue weighted by atomic mass is 16.5. The topological polar surface area (TPSA) is 64.3 Å². The number of hydrogen-bond donors (Lipinski definition) is 2. The third kappa shape index (κ3) is 5.92. The van der Waals surface area contributed by atoms with E-state index in [0.717, 1.165) is 12.1 Å². The normalized spacial score (nSPS) is 10.5. The van der Waals surface area contributed by atoms with Gasteiger partial charge in [0.2, 0.25) is 5.91 Å². The van der Waals surface area contributed by atoms with Gasteiger partial charge in [0.1, 0.15) is 0 Å². The van der Waals surface area contributed by atoms with Gasteiger partial charge in [-0.15, -0.1) is 0 Å². The number of benzene rings is 1. The second-order valence-electron chi connectivity index (χ2n) is 4.20. The predicted molar refractivity (Wildman–Crippen MR) is 69.8 cm³/mol. The molecule has 0 bridgehead atoms. The summed E-state index contributed by atoms with van der Waals surface area (Å²) >= 11 is 0. The second-order valence-corrected chi connectivity index (χ2v) is 4.20. The molecule has 1 amide bonds. The van der Waals surface area contributed by atoms with Gasteiger partial charge in [0.25, 0.3) is 0 Å². The Morgan fingerprint density at radius 2 is 2.24 bits per heavy atom. The van der Waals surface area contributed by atoms with E-state index in [1.54, 1.807) is 12.1 Å². The van der Waals surface area contributed by atoms with Gasteiger partial charge in [0.05, 0.1) is 6.10 Å². The number of carbonyl (C=O) groups excluding carboxylic acids is 1. The van der Waals surface area contributed by atoms with Crippen LogP contribution in [0.25, 0.3) is 0 Å². The zero-order valence-corrected chi connectivity index (χ0v) is 10.4. The summed E-state index contributed by atoms with van der Waals surface area (Å²) in [6.45, 7) is 4.57. The van der Waals surface area contributed by atoms with E-state index >= 15 is 0 Å². The number of hydrogen-bond acceptors (Lipinski definition) is 3. The summed E-state index contributed by atoms with van der Waals surface area (Å²) < 4.78 is 5.36. The Labute approximate surface area is 102 Å². The van der Waals surface area contributed by atoms with Gasteiger partial charge in [0, 0.05) is 24.4 Å².